The molecule has 0 aromatic carbocycles. The largest absolute Gasteiger partial charge is 0.390 e. The topological polar surface area (TPSA) is 42.5 Å². The van der Waals surface area contributed by atoms with Gasteiger partial charge in [-0.15, -0.1) is 6.42 Å². The van der Waals surface area contributed by atoms with Crippen LogP contribution < -0.4 is 0 Å². The monoisotopic (exact) mass is 175 g/mol. The number of aromatic nitrogens is 3. The van der Waals surface area contributed by atoms with Crippen LogP contribution in [0.15, 0.2) is 18.5 Å². The number of nitrogens with zero attached hydrogens (tertiary/aromatic N) is 3. The summed E-state index contributed by atoms with van der Waals surface area (Å²) >= 11 is 0. The van der Waals surface area contributed by atoms with E-state index in [1.165, 1.54) is 0 Å². The normalized spacial score (nSPS) is 10.5. The van der Waals surface area contributed by atoms with Gasteiger partial charge in [0.2, 0.25) is 0 Å². The molecule has 0 spiro atoms. The minimum atomic E-state index is -0.0439. The maximum absolute atomic E-state index is 8.85. The molecule has 0 fully saturated rings. The molecule has 0 aliphatic heterocycles. The van der Waals surface area contributed by atoms with Crippen LogP contribution in [0.5, 0.6) is 0 Å². The Morgan fingerprint density at radius 2 is 2.38 bits per heavy atom. The predicted octanol–water partition coefficient (Wildman–Crippen LogP) is 0.261. The molecule has 4 nitrogen and oxygen atoms in total. The number of rotatable bonds is 2. The van der Waals surface area contributed by atoms with Crippen molar-refractivity contribution in [2.45, 2.75) is 13.2 Å². The fourth-order valence-corrected chi connectivity index (χ4v) is 1.29. The predicted molar refractivity (Wildman–Crippen MR) is 47.9 cm³/mol. The van der Waals surface area contributed by atoms with Crippen LogP contribution in [0.4, 0.5) is 0 Å². The van der Waals surface area contributed by atoms with Gasteiger partial charge in [-0.05, 0) is 0 Å². The zero-order valence-corrected chi connectivity index (χ0v) is 7.01. The van der Waals surface area contributed by atoms with Crippen LogP contribution in [-0.2, 0) is 13.2 Å². The maximum atomic E-state index is 8.85. The van der Waals surface area contributed by atoms with Gasteiger partial charge in [0, 0.05) is 18.5 Å². The highest BCUT2D eigenvalue weighted by atomic mass is 16.3. The van der Waals surface area contributed by atoms with Crippen molar-refractivity contribution in [3.63, 3.8) is 0 Å². The van der Waals surface area contributed by atoms with Crippen LogP contribution in [0.25, 0.3) is 5.65 Å². The van der Waals surface area contributed by atoms with Gasteiger partial charge in [0.1, 0.15) is 5.65 Å². The summed E-state index contributed by atoms with van der Waals surface area (Å²) in [5, 5.41) is 13.0. The molecule has 0 saturated heterocycles. The first-order chi connectivity index (χ1) is 6.35. The third-order valence-corrected chi connectivity index (χ3v) is 1.87. The molecule has 2 rings (SSSR count). The van der Waals surface area contributed by atoms with E-state index in [1.807, 2.05) is 23.0 Å². The lowest BCUT2D eigenvalue weighted by molar-refractivity contribution is 0.276. The van der Waals surface area contributed by atoms with Gasteiger partial charge in [-0.1, -0.05) is 5.92 Å². The number of fused-ring (bicyclic) bond motifs is 1. The summed E-state index contributed by atoms with van der Waals surface area (Å²) in [7, 11) is 0. The standard InChI is InChI=1S/C9H9N3O/c1-2-3-11-4-5-12-9(11)6-8(7-13)10-12/h1,4-6,13H,3,7H2. The highest BCUT2D eigenvalue weighted by Gasteiger charge is 2.03. The molecule has 0 amide bonds. The molecule has 2 aromatic heterocycles. The second-order valence-corrected chi connectivity index (χ2v) is 2.73. The van der Waals surface area contributed by atoms with Gasteiger partial charge in [0.25, 0.3) is 0 Å². The van der Waals surface area contributed by atoms with E-state index in [0.717, 1.165) is 5.65 Å². The molecule has 2 heterocycles. The number of hydrogen-bond acceptors (Lipinski definition) is 2. The molecule has 0 atom stereocenters. The molecule has 0 saturated carbocycles. The van der Waals surface area contributed by atoms with Crippen LogP contribution >= 0.6 is 0 Å². The number of aliphatic hydroxyl groups is 1. The molecule has 0 bridgehead atoms. The number of aliphatic hydroxyl groups excluding tert-OH is 1. The van der Waals surface area contributed by atoms with Crippen molar-refractivity contribution in [3.8, 4) is 12.3 Å². The summed E-state index contributed by atoms with van der Waals surface area (Å²) in [5.74, 6) is 2.55. The van der Waals surface area contributed by atoms with E-state index in [9.17, 15) is 0 Å². The van der Waals surface area contributed by atoms with Crippen molar-refractivity contribution in [2.75, 3.05) is 0 Å². The second kappa shape index (κ2) is 2.96. The van der Waals surface area contributed by atoms with E-state index in [0.29, 0.717) is 12.2 Å². The van der Waals surface area contributed by atoms with Crippen LogP contribution in [0, 0.1) is 12.3 Å². The fraction of sp³-hybridized carbons (Fsp3) is 0.222. The Morgan fingerprint density at radius 1 is 1.54 bits per heavy atom. The van der Waals surface area contributed by atoms with Gasteiger partial charge in [-0.3, -0.25) is 0 Å². The van der Waals surface area contributed by atoms with Crippen LogP contribution in [0.3, 0.4) is 0 Å². The number of hydrogen-bond donors (Lipinski definition) is 1. The molecule has 0 aliphatic rings. The van der Waals surface area contributed by atoms with Gasteiger partial charge in [-0.25, -0.2) is 4.52 Å². The number of terminal acetylenes is 1. The van der Waals surface area contributed by atoms with Crippen molar-refractivity contribution in [1.29, 1.82) is 0 Å². The molecule has 1 N–H and O–H groups in total. The molecule has 0 radical (unpaired) electrons. The van der Waals surface area contributed by atoms with E-state index in [-0.39, 0.29) is 6.61 Å². The first kappa shape index (κ1) is 7.90. The zero-order chi connectivity index (χ0) is 9.26. The molecule has 66 valence electrons. The highest BCUT2D eigenvalue weighted by molar-refractivity contribution is 5.41. The van der Waals surface area contributed by atoms with Gasteiger partial charge >= 0.3 is 0 Å². The van der Waals surface area contributed by atoms with Gasteiger partial charge in [0.15, 0.2) is 0 Å². The first-order valence-corrected chi connectivity index (χ1v) is 3.93. The fourth-order valence-electron chi connectivity index (χ4n) is 1.29. The van der Waals surface area contributed by atoms with Gasteiger partial charge in [0.05, 0.1) is 18.8 Å². The van der Waals surface area contributed by atoms with Crippen LogP contribution in [-0.4, -0.2) is 19.3 Å². The molecule has 4 heteroatoms. The van der Waals surface area contributed by atoms with Crippen molar-refractivity contribution in [1.82, 2.24) is 14.2 Å². The Bertz CT molecular complexity index is 461. The molecule has 0 unspecified atom stereocenters. The summed E-state index contributed by atoms with van der Waals surface area (Å²) in [6.45, 7) is 0.477. The van der Waals surface area contributed by atoms with Crippen molar-refractivity contribution < 1.29 is 5.11 Å². The molecule has 0 aliphatic carbocycles. The lowest BCUT2D eigenvalue weighted by Crippen LogP contribution is -1.92. The van der Waals surface area contributed by atoms with Crippen molar-refractivity contribution >= 4 is 5.65 Å². The van der Waals surface area contributed by atoms with E-state index in [4.69, 9.17) is 11.5 Å². The average molecular weight is 175 g/mol. The van der Waals surface area contributed by atoms with Crippen molar-refractivity contribution in [2.24, 2.45) is 0 Å². The summed E-state index contributed by atoms with van der Waals surface area (Å²) < 4.78 is 3.59. The smallest absolute Gasteiger partial charge is 0.136 e. The van der Waals surface area contributed by atoms with E-state index in [2.05, 4.69) is 11.0 Å². The summed E-state index contributed by atoms with van der Waals surface area (Å²) in [6, 6.07) is 1.82. The zero-order valence-electron chi connectivity index (χ0n) is 7.01. The summed E-state index contributed by atoms with van der Waals surface area (Å²) in [6.07, 6.45) is 8.88. The minimum absolute atomic E-state index is 0.0439. The summed E-state index contributed by atoms with van der Waals surface area (Å²) in [5.41, 5.74) is 1.56. The Labute approximate surface area is 75.4 Å². The molecular formula is C9H9N3O. The Kier molecular flexibility index (Phi) is 1.80. The quantitative estimate of drug-likeness (QED) is 0.665. The molecular weight excluding hydrogens is 166 g/mol. The Morgan fingerprint density at radius 3 is 3.08 bits per heavy atom. The van der Waals surface area contributed by atoms with Crippen molar-refractivity contribution in [3.05, 3.63) is 24.2 Å². The second-order valence-electron chi connectivity index (χ2n) is 2.73. The third kappa shape index (κ3) is 1.19. The van der Waals surface area contributed by atoms with Gasteiger partial charge in [-0.2, -0.15) is 5.10 Å². The lowest BCUT2D eigenvalue weighted by Gasteiger charge is -1.93. The lowest BCUT2D eigenvalue weighted by atomic mass is 10.4. The van der Waals surface area contributed by atoms with E-state index >= 15 is 0 Å². The maximum Gasteiger partial charge on any atom is 0.136 e. The average Bonchev–Trinajstić information content (AvgIpc) is 2.67. The van der Waals surface area contributed by atoms with E-state index in [1.54, 1.807) is 4.52 Å². The Balaban J connectivity index is 2.53. The van der Waals surface area contributed by atoms with E-state index < -0.39 is 0 Å². The SMILES string of the molecule is C#CCn1ccn2nc(CO)cc12. The van der Waals surface area contributed by atoms with Crippen LogP contribution in [0.2, 0.25) is 0 Å². The molecule has 2 aromatic rings. The Hall–Kier alpha value is -1.73. The van der Waals surface area contributed by atoms with Gasteiger partial charge < -0.3 is 9.67 Å². The third-order valence-electron chi connectivity index (χ3n) is 1.87. The van der Waals surface area contributed by atoms with Crippen LogP contribution in [0.1, 0.15) is 5.69 Å². The highest BCUT2D eigenvalue weighted by Crippen LogP contribution is 2.07. The summed E-state index contributed by atoms with van der Waals surface area (Å²) in [4.78, 5) is 0. The number of imidazole rings is 1. The minimum Gasteiger partial charge on any atom is -0.390 e. The first-order valence-electron chi connectivity index (χ1n) is 3.93. The molecule has 13 heavy (non-hydrogen) atoms.